The number of aromatic nitrogens is 1. The number of aldehydes is 1. The van der Waals surface area contributed by atoms with Gasteiger partial charge in [0.2, 0.25) is 6.23 Å². The zero-order chi connectivity index (χ0) is 29.5. The minimum Gasteiger partial charge on any atom is -0.468 e. The molecule has 1 saturated heterocycles. The smallest absolute Gasteiger partial charge is 0.423 e. The third-order valence-electron chi connectivity index (χ3n) is 6.82. The van der Waals surface area contributed by atoms with Crippen molar-refractivity contribution in [3.63, 3.8) is 0 Å². The van der Waals surface area contributed by atoms with Gasteiger partial charge in [-0.15, -0.1) is 0 Å². The van der Waals surface area contributed by atoms with E-state index in [9.17, 15) is 41.3 Å². The van der Waals surface area contributed by atoms with E-state index >= 15 is 0 Å². The monoisotopic (exact) mass is 578 g/mol. The first-order valence-electron chi connectivity index (χ1n) is 12.2. The third kappa shape index (κ3) is 5.73. The van der Waals surface area contributed by atoms with E-state index in [-0.39, 0.29) is 11.1 Å². The van der Waals surface area contributed by atoms with Gasteiger partial charge < -0.3 is 9.64 Å². The molecule has 0 spiro atoms. The van der Waals surface area contributed by atoms with E-state index in [0.29, 0.717) is 49.2 Å². The van der Waals surface area contributed by atoms with Crippen molar-refractivity contribution >= 4 is 39.5 Å². The van der Waals surface area contributed by atoms with Gasteiger partial charge in [-0.25, -0.2) is 4.98 Å². The maximum absolute atomic E-state index is 13.8. The number of alkyl halides is 6. The van der Waals surface area contributed by atoms with Gasteiger partial charge in [0, 0.05) is 43.0 Å². The van der Waals surface area contributed by atoms with Crippen LogP contribution in [-0.2, 0) is 17.1 Å². The lowest BCUT2D eigenvalue weighted by Gasteiger charge is -2.37. The summed E-state index contributed by atoms with van der Waals surface area (Å²) in [6.45, 7) is 1.38. The number of fused-ring (bicyclic) bond motifs is 2. The maximum Gasteiger partial charge on any atom is 0.423 e. The van der Waals surface area contributed by atoms with Crippen LogP contribution in [0.15, 0.2) is 60.7 Å². The van der Waals surface area contributed by atoms with Crippen molar-refractivity contribution in [1.29, 1.82) is 0 Å². The minimum absolute atomic E-state index is 0.0718. The summed E-state index contributed by atoms with van der Waals surface area (Å²) in [7, 11) is 0. The van der Waals surface area contributed by atoms with Crippen LogP contribution in [0.2, 0.25) is 0 Å². The SMILES string of the molecule is O=CC(Oc1ccc2ccc([N+](=O)[O-])c(C(F)(F)F)c2c1)N1CCN(c2ccc3cc(C(F)(F)F)ccc3n2)CC1. The van der Waals surface area contributed by atoms with Gasteiger partial charge in [0.25, 0.3) is 5.69 Å². The molecule has 0 amide bonds. The number of benzene rings is 3. The Morgan fingerprint density at radius 1 is 0.878 bits per heavy atom. The molecule has 3 aromatic carbocycles. The summed E-state index contributed by atoms with van der Waals surface area (Å²) in [5.41, 5.74) is -2.87. The predicted molar refractivity (Wildman–Crippen MR) is 137 cm³/mol. The normalized spacial score (nSPS) is 15.7. The lowest BCUT2D eigenvalue weighted by molar-refractivity contribution is -0.387. The molecule has 1 aromatic heterocycles. The van der Waals surface area contributed by atoms with E-state index < -0.39 is 45.7 Å². The van der Waals surface area contributed by atoms with Crippen molar-refractivity contribution in [3.05, 3.63) is 81.9 Å². The van der Waals surface area contributed by atoms with Gasteiger partial charge in [0.1, 0.15) is 17.1 Å². The first-order valence-corrected chi connectivity index (χ1v) is 12.2. The highest BCUT2D eigenvalue weighted by Gasteiger charge is 2.40. The van der Waals surface area contributed by atoms with Crippen LogP contribution in [0, 0.1) is 10.1 Å². The van der Waals surface area contributed by atoms with Gasteiger partial charge in [0.15, 0.2) is 6.29 Å². The van der Waals surface area contributed by atoms with Gasteiger partial charge in [-0.05, 0) is 53.9 Å². The average Bonchev–Trinajstić information content (AvgIpc) is 2.93. The second-order valence-corrected chi connectivity index (χ2v) is 9.34. The number of carbonyl (C=O) groups excluding carboxylic acids is 1. The van der Waals surface area contributed by atoms with Gasteiger partial charge in [-0.1, -0.05) is 6.07 Å². The summed E-state index contributed by atoms with van der Waals surface area (Å²) in [5, 5.41) is 11.3. The summed E-state index contributed by atoms with van der Waals surface area (Å²) in [5.74, 6) is 0.466. The Morgan fingerprint density at radius 2 is 1.56 bits per heavy atom. The molecule has 0 aliphatic carbocycles. The maximum atomic E-state index is 13.8. The number of carbonyl (C=O) groups is 1. The summed E-state index contributed by atoms with van der Waals surface area (Å²) >= 11 is 0. The molecule has 2 heterocycles. The molecule has 4 aromatic rings. The van der Waals surface area contributed by atoms with Crippen molar-refractivity contribution in [1.82, 2.24) is 9.88 Å². The van der Waals surface area contributed by atoms with Gasteiger partial charge in [-0.3, -0.25) is 19.8 Å². The molecule has 0 N–H and O–H groups in total. The average molecular weight is 578 g/mol. The molecule has 1 aliphatic rings. The van der Waals surface area contributed by atoms with Crippen LogP contribution in [0.1, 0.15) is 11.1 Å². The first kappa shape index (κ1) is 28.1. The summed E-state index contributed by atoms with van der Waals surface area (Å²) in [6, 6.07) is 12.2. The fourth-order valence-corrected chi connectivity index (χ4v) is 4.81. The third-order valence-corrected chi connectivity index (χ3v) is 6.82. The fraction of sp³-hybridized carbons (Fsp3) is 0.259. The number of ether oxygens (including phenoxy) is 1. The van der Waals surface area contributed by atoms with E-state index in [1.807, 2.05) is 4.90 Å². The largest absolute Gasteiger partial charge is 0.468 e. The Hall–Kier alpha value is -4.46. The number of hydrogen-bond donors (Lipinski definition) is 0. The van der Waals surface area contributed by atoms with Crippen LogP contribution in [0.4, 0.5) is 37.8 Å². The second kappa shape index (κ2) is 10.5. The predicted octanol–water partition coefficient (Wildman–Crippen LogP) is 6.06. The van der Waals surface area contributed by atoms with Crippen molar-refractivity contribution in [2.75, 3.05) is 31.1 Å². The molecule has 0 radical (unpaired) electrons. The van der Waals surface area contributed by atoms with Gasteiger partial charge in [-0.2, -0.15) is 26.3 Å². The number of nitro benzene ring substituents is 1. The molecule has 14 heteroatoms. The molecule has 1 atom stereocenters. The number of anilines is 1. The van der Waals surface area contributed by atoms with E-state index in [1.54, 1.807) is 17.0 Å². The number of hydrogen-bond acceptors (Lipinski definition) is 7. The number of pyridine rings is 1. The quantitative estimate of drug-likeness (QED) is 0.119. The highest BCUT2D eigenvalue weighted by Crippen LogP contribution is 2.42. The summed E-state index contributed by atoms with van der Waals surface area (Å²) in [6.07, 6.45) is -10.1. The lowest BCUT2D eigenvalue weighted by Crippen LogP contribution is -2.52. The number of nitro groups is 1. The van der Waals surface area contributed by atoms with Crippen LogP contribution in [0.3, 0.4) is 0 Å². The van der Waals surface area contributed by atoms with Crippen molar-refractivity contribution in [2.24, 2.45) is 0 Å². The van der Waals surface area contributed by atoms with Crippen LogP contribution < -0.4 is 9.64 Å². The highest BCUT2D eigenvalue weighted by atomic mass is 19.4. The number of halogens is 6. The molecular formula is C27H20F6N4O4. The summed E-state index contributed by atoms with van der Waals surface area (Å²) < 4.78 is 86.0. The topological polar surface area (TPSA) is 88.8 Å². The lowest BCUT2D eigenvalue weighted by atomic mass is 10.0. The van der Waals surface area contributed by atoms with E-state index in [4.69, 9.17) is 4.74 Å². The van der Waals surface area contributed by atoms with Crippen molar-refractivity contribution in [3.8, 4) is 5.75 Å². The van der Waals surface area contributed by atoms with Crippen LogP contribution in [0.25, 0.3) is 21.7 Å². The molecule has 214 valence electrons. The van der Waals surface area contributed by atoms with Gasteiger partial charge >= 0.3 is 12.4 Å². The minimum atomic E-state index is -5.00. The standard InChI is InChI=1S/C27H20F6N4O4/c28-26(29,30)18-4-6-21-17(13-18)3-8-23(34-21)35-9-11-36(12-10-35)24(15-38)41-19-5-1-16-2-7-22(37(39)40)25(20(16)14-19)27(31,32)33/h1-8,13-15,24H,9-12H2. The second-order valence-electron chi connectivity index (χ2n) is 9.34. The zero-order valence-corrected chi connectivity index (χ0v) is 20.9. The molecule has 1 unspecified atom stereocenters. The highest BCUT2D eigenvalue weighted by molar-refractivity contribution is 5.90. The molecular weight excluding hydrogens is 558 g/mol. The van der Waals surface area contributed by atoms with E-state index in [1.165, 1.54) is 24.3 Å². The molecule has 0 bridgehead atoms. The fourth-order valence-electron chi connectivity index (χ4n) is 4.81. The van der Waals surface area contributed by atoms with E-state index in [2.05, 4.69) is 4.98 Å². The molecule has 0 saturated carbocycles. The Bertz CT molecular complexity index is 1630. The van der Waals surface area contributed by atoms with Crippen LogP contribution in [-0.4, -0.2) is 53.5 Å². The summed E-state index contributed by atoms with van der Waals surface area (Å²) in [4.78, 5) is 30.0. The first-order chi connectivity index (χ1) is 19.3. The molecule has 1 fully saturated rings. The van der Waals surface area contributed by atoms with E-state index in [0.717, 1.165) is 24.3 Å². The number of rotatable bonds is 6. The number of nitrogens with zero attached hydrogens (tertiary/aromatic N) is 4. The van der Waals surface area contributed by atoms with Crippen molar-refractivity contribution in [2.45, 2.75) is 18.6 Å². The Kier molecular flexibility index (Phi) is 7.19. The van der Waals surface area contributed by atoms with Gasteiger partial charge in [0.05, 0.1) is 16.0 Å². The van der Waals surface area contributed by atoms with Crippen molar-refractivity contribution < 1.29 is 40.8 Å². The zero-order valence-electron chi connectivity index (χ0n) is 20.9. The Morgan fingerprint density at radius 3 is 2.20 bits per heavy atom. The Balaban J connectivity index is 1.31. The Labute approximate surface area is 227 Å². The van der Waals surface area contributed by atoms with Crippen LogP contribution >= 0.6 is 0 Å². The number of piperazine rings is 1. The molecule has 5 rings (SSSR count). The molecule has 8 nitrogen and oxygen atoms in total. The molecule has 1 aliphatic heterocycles. The van der Waals surface area contributed by atoms with Crippen LogP contribution in [0.5, 0.6) is 5.75 Å². The molecule has 41 heavy (non-hydrogen) atoms.